The Bertz CT molecular complexity index is 1130. The predicted molar refractivity (Wildman–Crippen MR) is 124 cm³/mol. The molecule has 1 aliphatic rings. The van der Waals surface area contributed by atoms with Crippen LogP contribution in [0.15, 0.2) is 83.4 Å². The van der Waals surface area contributed by atoms with E-state index in [1.165, 1.54) is 17.3 Å². The van der Waals surface area contributed by atoms with E-state index in [1.807, 2.05) is 37.3 Å². The van der Waals surface area contributed by atoms with Gasteiger partial charge >= 0.3 is 0 Å². The number of carbonyl (C=O) groups excluding carboxylic acids is 1. The van der Waals surface area contributed by atoms with Crippen LogP contribution < -0.4 is 5.32 Å². The first-order chi connectivity index (χ1) is 14.0. The number of thioether (sulfide) groups is 1. The Morgan fingerprint density at radius 3 is 2.66 bits per heavy atom. The monoisotopic (exact) mass is 484 g/mol. The number of nitrogens with one attached hydrogen (secondary N) is 1. The summed E-state index contributed by atoms with van der Waals surface area (Å²) in [5.74, 6) is 0.464. The quantitative estimate of drug-likeness (QED) is 0.418. The fourth-order valence-electron chi connectivity index (χ4n) is 2.65. The van der Waals surface area contributed by atoms with Crippen molar-refractivity contribution in [3.8, 4) is 0 Å². The minimum absolute atomic E-state index is 0.173. The maximum absolute atomic E-state index is 12.3. The average Bonchev–Trinajstić information content (AvgIpc) is 3.26. The molecule has 29 heavy (non-hydrogen) atoms. The molecular formula is C22H17BrN2O2S2. The molecule has 7 heteroatoms. The number of amides is 1. The van der Waals surface area contributed by atoms with Crippen molar-refractivity contribution < 1.29 is 9.21 Å². The Morgan fingerprint density at radius 1 is 1.10 bits per heavy atom. The maximum Gasteiger partial charge on any atom is 0.264 e. The molecule has 0 bridgehead atoms. The number of aliphatic imine (C=N–C) groups is 1. The average molecular weight is 485 g/mol. The maximum atomic E-state index is 12.3. The Balaban J connectivity index is 1.48. The van der Waals surface area contributed by atoms with E-state index in [9.17, 15) is 4.79 Å². The van der Waals surface area contributed by atoms with Gasteiger partial charge in [0.05, 0.1) is 10.6 Å². The van der Waals surface area contributed by atoms with E-state index in [1.54, 1.807) is 17.8 Å². The third kappa shape index (κ3) is 5.04. The molecule has 4 rings (SSSR count). The molecule has 3 aromatic rings. The molecular weight excluding hydrogens is 468 g/mol. The molecule has 0 saturated carbocycles. The summed E-state index contributed by atoms with van der Waals surface area (Å²) in [4.78, 5) is 18.5. The van der Waals surface area contributed by atoms with E-state index in [-0.39, 0.29) is 5.91 Å². The summed E-state index contributed by atoms with van der Waals surface area (Å²) in [6.07, 6.45) is 1.75. The molecule has 1 amide bonds. The molecule has 146 valence electrons. The van der Waals surface area contributed by atoms with Gasteiger partial charge in [-0.3, -0.25) is 4.79 Å². The molecule has 1 N–H and O–H groups in total. The number of nitrogens with zero attached hydrogens (tertiary/aromatic N) is 1. The number of halogens is 1. The summed E-state index contributed by atoms with van der Waals surface area (Å²) in [5.41, 5.74) is 3.08. The van der Waals surface area contributed by atoms with E-state index in [0.717, 1.165) is 25.7 Å². The molecule has 1 aromatic heterocycles. The first-order valence-corrected chi connectivity index (χ1v) is 11.3. The lowest BCUT2D eigenvalue weighted by atomic mass is 10.2. The number of rotatable bonds is 4. The second-order valence-corrected chi connectivity index (χ2v) is 9.51. The van der Waals surface area contributed by atoms with Crippen molar-refractivity contribution in [2.24, 2.45) is 4.99 Å². The minimum atomic E-state index is -0.173. The normalized spacial score (nSPS) is 16.6. The number of amidine groups is 1. The van der Waals surface area contributed by atoms with E-state index in [0.29, 0.717) is 15.8 Å². The van der Waals surface area contributed by atoms with Crippen LogP contribution in [0.5, 0.6) is 0 Å². The van der Waals surface area contributed by atoms with Gasteiger partial charge in [0.25, 0.3) is 5.91 Å². The van der Waals surface area contributed by atoms with Crippen molar-refractivity contribution in [1.82, 2.24) is 5.32 Å². The topological polar surface area (TPSA) is 54.6 Å². The summed E-state index contributed by atoms with van der Waals surface area (Å²) < 4.78 is 6.86. The number of hydrogen-bond acceptors (Lipinski definition) is 5. The van der Waals surface area contributed by atoms with Crippen molar-refractivity contribution in [2.75, 3.05) is 0 Å². The van der Waals surface area contributed by atoms with Gasteiger partial charge in [-0.25, -0.2) is 4.99 Å². The van der Waals surface area contributed by atoms with Crippen LogP contribution in [0, 0.1) is 13.8 Å². The largest absolute Gasteiger partial charge is 0.450 e. The van der Waals surface area contributed by atoms with Crippen LogP contribution in [0.25, 0.3) is 6.08 Å². The van der Waals surface area contributed by atoms with Crippen molar-refractivity contribution in [2.45, 2.75) is 23.8 Å². The highest BCUT2D eigenvalue weighted by Crippen LogP contribution is 2.33. The van der Waals surface area contributed by atoms with Gasteiger partial charge in [-0.15, -0.1) is 0 Å². The summed E-state index contributed by atoms with van der Waals surface area (Å²) in [6.45, 7) is 4.05. The molecule has 2 heterocycles. The summed E-state index contributed by atoms with van der Waals surface area (Å²) in [7, 11) is 0. The zero-order chi connectivity index (χ0) is 20.4. The molecule has 0 atom stereocenters. The van der Waals surface area contributed by atoms with Crippen molar-refractivity contribution >= 4 is 62.3 Å². The number of benzene rings is 2. The first kappa shape index (κ1) is 20.1. The predicted octanol–water partition coefficient (Wildman–Crippen LogP) is 6.70. The van der Waals surface area contributed by atoms with Gasteiger partial charge in [0, 0.05) is 15.4 Å². The van der Waals surface area contributed by atoms with E-state index in [4.69, 9.17) is 4.42 Å². The van der Waals surface area contributed by atoms with Gasteiger partial charge < -0.3 is 9.73 Å². The highest BCUT2D eigenvalue weighted by atomic mass is 79.9. The van der Waals surface area contributed by atoms with Gasteiger partial charge in [-0.1, -0.05) is 45.4 Å². The van der Waals surface area contributed by atoms with Crippen LogP contribution in [0.3, 0.4) is 0 Å². The molecule has 0 spiro atoms. The zero-order valence-electron chi connectivity index (χ0n) is 15.7. The molecule has 2 aromatic carbocycles. The summed E-state index contributed by atoms with van der Waals surface area (Å²) >= 11 is 6.30. The second kappa shape index (κ2) is 8.65. The summed E-state index contributed by atoms with van der Waals surface area (Å²) in [5, 5.41) is 4.16. The van der Waals surface area contributed by atoms with Crippen molar-refractivity contribution in [3.05, 3.63) is 80.9 Å². The number of furan rings is 1. The number of carbonyl (C=O) groups is 1. The van der Waals surface area contributed by atoms with E-state index in [2.05, 4.69) is 57.4 Å². The Kier molecular flexibility index (Phi) is 5.99. The summed E-state index contributed by atoms with van der Waals surface area (Å²) in [6, 6.07) is 17.9. The SMILES string of the molecule is Cc1ccc(Sc2ccc(/C=C3\SC(=Nc4ccc(Br)cc4C)NC3=O)o2)cc1. The van der Waals surface area contributed by atoms with Gasteiger partial charge in [-0.05, 0) is 73.6 Å². The van der Waals surface area contributed by atoms with Crippen LogP contribution in [-0.4, -0.2) is 11.1 Å². The number of hydrogen-bond donors (Lipinski definition) is 1. The van der Waals surface area contributed by atoms with Gasteiger partial charge in [0.2, 0.25) is 0 Å². The second-order valence-electron chi connectivity index (χ2n) is 6.48. The van der Waals surface area contributed by atoms with Crippen LogP contribution in [0.1, 0.15) is 16.9 Å². The Hall–Kier alpha value is -2.22. The van der Waals surface area contributed by atoms with Crippen LogP contribution in [-0.2, 0) is 4.79 Å². The fraction of sp³-hybridized carbons (Fsp3) is 0.0909. The Morgan fingerprint density at radius 2 is 1.90 bits per heavy atom. The van der Waals surface area contributed by atoms with Crippen molar-refractivity contribution in [1.29, 1.82) is 0 Å². The lowest BCUT2D eigenvalue weighted by Gasteiger charge is -2.01. The molecule has 0 unspecified atom stereocenters. The first-order valence-electron chi connectivity index (χ1n) is 8.86. The molecule has 1 fully saturated rings. The highest BCUT2D eigenvalue weighted by Gasteiger charge is 2.24. The van der Waals surface area contributed by atoms with E-state index >= 15 is 0 Å². The molecule has 0 aliphatic carbocycles. The van der Waals surface area contributed by atoms with Crippen LogP contribution in [0.2, 0.25) is 0 Å². The minimum Gasteiger partial charge on any atom is -0.450 e. The molecule has 1 saturated heterocycles. The molecule has 4 nitrogen and oxygen atoms in total. The third-order valence-corrected chi connectivity index (χ3v) is 6.48. The smallest absolute Gasteiger partial charge is 0.264 e. The standard InChI is InChI=1S/C22H17BrN2O2S2/c1-13-3-7-17(8-4-13)28-20-10-6-16(27-20)12-19-21(26)25-22(29-19)24-18-9-5-15(23)11-14(18)2/h3-12H,1-2H3,(H,24,25,26)/b19-12-. The lowest BCUT2D eigenvalue weighted by Crippen LogP contribution is -2.19. The molecule has 1 aliphatic heterocycles. The molecule has 0 radical (unpaired) electrons. The lowest BCUT2D eigenvalue weighted by molar-refractivity contribution is -0.115. The van der Waals surface area contributed by atoms with Crippen LogP contribution >= 0.6 is 39.5 Å². The third-order valence-electron chi connectivity index (χ3n) is 4.15. The van der Waals surface area contributed by atoms with Crippen LogP contribution in [0.4, 0.5) is 5.69 Å². The number of aryl methyl sites for hydroxylation is 2. The van der Waals surface area contributed by atoms with Gasteiger partial charge in [0.1, 0.15) is 5.76 Å². The van der Waals surface area contributed by atoms with Gasteiger partial charge in [0.15, 0.2) is 10.3 Å². The zero-order valence-corrected chi connectivity index (χ0v) is 19.0. The Labute approximate surface area is 186 Å². The van der Waals surface area contributed by atoms with E-state index < -0.39 is 0 Å². The highest BCUT2D eigenvalue weighted by molar-refractivity contribution is 9.10. The van der Waals surface area contributed by atoms with Gasteiger partial charge in [-0.2, -0.15) is 0 Å². The fourth-order valence-corrected chi connectivity index (χ4v) is 4.72. The van der Waals surface area contributed by atoms with Crippen molar-refractivity contribution in [3.63, 3.8) is 0 Å².